The number of carbonyl (C=O) groups is 2. The van der Waals surface area contributed by atoms with Gasteiger partial charge in [-0.2, -0.15) is 0 Å². The van der Waals surface area contributed by atoms with Gasteiger partial charge in [-0.15, -0.1) is 0 Å². The van der Waals surface area contributed by atoms with Crippen LogP contribution in [0.4, 0.5) is 0 Å². The Hall–Kier alpha value is -2.04. The molecular weight excluding hydrogens is 184 g/mol. The van der Waals surface area contributed by atoms with Crippen molar-refractivity contribution in [3.05, 3.63) is 29.8 Å². The summed E-state index contributed by atoms with van der Waals surface area (Å²) in [5.74, 6) is -0.732. The Morgan fingerprint density at radius 1 is 1.29 bits per heavy atom. The molecule has 0 atom stereocenters. The Morgan fingerprint density at radius 3 is 2.57 bits per heavy atom. The number of hydrogen-bond acceptors (Lipinski definition) is 3. The van der Waals surface area contributed by atoms with Gasteiger partial charge in [0.2, 0.25) is 5.91 Å². The molecule has 4 N–H and O–H groups in total. The normalized spacial score (nSPS) is 9.43. The number of hydrogen-bond donors (Lipinski definition) is 2. The Kier molecular flexibility index (Phi) is 3.06. The van der Waals surface area contributed by atoms with E-state index in [4.69, 9.17) is 16.2 Å². The summed E-state index contributed by atoms with van der Waals surface area (Å²) in [4.78, 5) is 21.2. The zero-order valence-corrected chi connectivity index (χ0v) is 7.40. The standard InChI is InChI=1S/C9H10N2O3/c10-8(12)5-14-7-3-1-2-6(4-7)9(11)13/h1-4H,5H2,(H2,10,12)(H2,11,13). The van der Waals surface area contributed by atoms with E-state index in [9.17, 15) is 9.59 Å². The van der Waals surface area contributed by atoms with Gasteiger partial charge < -0.3 is 16.2 Å². The molecule has 0 unspecified atom stereocenters. The number of nitrogens with two attached hydrogens (primary N) is 2. The van der Waals surface area contributed by atoms with Gasteiger partial charge in [0.05, 0.1) is 0 Å². The highest BCUT2D eigenvalue weighted by molar-refractivity contribution is 5.93. The molecule has 0 aromatic heterocycles. The van der Waals surface area contributed by atoms with Crippen molar-refractivity contribution in [2.45, 2.75) is 0 Å². The minimum absolute atomic E-state index is 0.220. The van der Waals surface area contributed by atoms with Crippen LogP contribution in [-0.4, -0.2) is 18.4 Å². The average Bonchev–Trinajstić information content (AvgIpc) is 2.15. The van der Waals surface area contributed by atoms with Gasteiger partial charge in [0.15, 0.2) is 6.61 Å². The lowest BCUT2D eigenvalue weighted by Gasteiger charge is -2.03. The van der Waals surface area contributed by atoms with E-state index in [1.165, 1.54) is 6.07 Å². The highest BCUT2D eigenvalue weighted by Gasteiger charge is 2.02. The molecule has 5 nitrogen and oxygen atoms in total. The van der Waals surface area contributed by atoms with Crippen molar-refractivity contribution in [1.82, 2.24) is 0 Å². The molecule has 14 heavy (non-hydrogen) atoms. The molecule has 0 bridgehead atoms. The molecule has 0 radical (unpaired) electrons. The first-order chi connectivity index (χ1) is 6.59. The van der Waals surface area contributed by atoms with Gasteiger partial charge in [0.25, 0.3) is 5.91 Å². The molecule has 0 fully saturated rings. The molecule has 0 spiro atoms. The fourth-order valence-electron chi connectivity index (χ4n) is 0.894. The Labute approximate surface area is 80.6 Å². The second-order valence-corrected chi connectivity index (χ2v) is 2.65. The average molecular weight is 194 g/mol. The van der Waals surface area contributed by atoms with Gasteiger partial charge in [-0.25, -0.2) is 0 Å². The van der Waals surface area contributed by atoms with E-state index in [1.807, 2.05) is 0 Å². The molecule has 0 heterocycles. The molecule has 2 amide bonds. The predicted molar refractivity (Wildman–Crippen MR) is 49.6 cm³/mol. The van der Waals surface area contributed by atoms with E-state index in [0.717, 1.165) is 0 Å². The molecule has 0 aliphatic carbocycles. The van der Waals surface area contributed by atoms with Crippen LogP contribution in [0, 0.1) is 0 Å². The number of benzene rings is 1. The van der Waals surface area contributed by atoms with Crippen molar-refractivity contribution in [3.8, 4) is 5.75 Å². The van der Waals surface area contributed by atoms with E-state index >= 15 is 0 Å². The van der Waals surface area contributed by atoms with E-state index in [2.05, 4.69) is 0 Å². The number of carbonyl (C=O) groups excluding carboxylic acids is 2. The number of primary amides is 2. The lowest BCUT2D eigenvalue weighted by molar-refractivity contribution is -0.119. The van der Waals surface area contributed by atoms with Crippen molar-refractivity contribution < 1.29 is 14.3 Å². The number of ether oxygens (including phenoxy) is 1. The maximum Gasteiger partial charge on any atom is 0.255 e. The van der Waals surface area contributed by atoms with Crippen LogP contribution in [-0.2, 0) is 4.79 Å². The highest BCUT2D eigenvalue weighted by atomic mass is 16.5. The smallest absolute Gasteiger partial charge is 0.255 e. The molecule has 1 aromatic carbocycles. The molecule has 1 aromatic rings. The van der Waals surface area contributed by atoms with Crippen LogP contribution >= 0.6 is 0 Å². The summed E-state index contributed by atoms with van der Waals surface area (Å²) in [6, 6.07) is 6.22. The third kappa shape index (κ3) is 2.78. The van der Waals surface area contributed by atoms with Crippen molar-refractivity contribution in [1.29, 1.82) is 0 Å². The summed E-state index contributed by atoms with van der Waals surface area (Å²) < 4.78 is 4.98. The van der Waals surface area contributed by atoms with Gasteiger partial charge in [-0.05, 0) is 18.2 Å². The molecular formula is C9H10N2O3. The zero-order chi connectivity index (χ0) is 10.6. The van der Waals surface area contributed by atoms with Gasteiger partial charge in [-0.3, -0.25) is 9.59 Å². The van der Waals surface area contributed by atoms with Crippen LogP contribution in [0.1, 0.15) is 10.4 Å². The van der Waals surface area contributed by atoms with Crippen molar-refractivity contribution in [3.63, 3.8) is 0 Å². The van der Waals surface area contributed by atoms with Crippen LogP contribution in [0.3, 0.4) is 0 Å². The van der Waals surface area contributed by atoms with E-state index in [1.54, 1.807) is 18.2 Å². The van der Waals surface area contributed by atoms with Crippen LogP contribution in [0.2, 0.25) is 0 Å². The molecule has 0 saturated heterocycles. The van der Waals surface area contributed by atoms with Crippen LogP contribution in [0.25, 0.3) is 0 Å². The zero-order valence-electron chi connectivity index (χ0n) is 7.40. The van der Waals surface area contributed by atoms with Crippen LogP contribution in [0.5, 0.6) is 5.75 Å². The van der Waals surface area contributed by atoms with Gasteiger partial charge in [0, 0.05) is 5.56 Å². The second-order valence-electron chi connectivity index (χ2n) is 2.65. The van der Waals surface area contributed by atoms with Crippen molar-refractivity contribution in [2.75, 3.05) is 6.61 Å². The van der Waals surface area contributed by atoms with Crippen LogP contribution in [0.15, 0.2) is 24.3 Å². The molecule has 0 aliphatic rings. The summed E-state index contributed by atoms with van der Waals surface area (Å²) in [6.07, 6.45) is 0. The summed E-state index contributed by atoms with van der Waals surface area (Å²) in [5.41, 5.74) is 10.3. The molecule has 0 saturated carbocycles. The first-order valence-corrected chi connectivity index (χ1v) is 3.90. The summed E-state index contributed by atoms with van der Waals surface area (Å²) in [6.45, 7) is -0.220. The Morgan fingerprint density at radius 2 is 2.00 bits per heavy atom. The lowest BCUT2D eigenvalue weighted by atomic mass is 10.2. The topological polar surface area (TPSA) is 95.4 Å². The van der Waals surface area contributed by atoms with Crippen molar-refractivity contribution >= 4 is 11.8 Å². The lowest BCUT2D eigenvalue weighted by Crippen LogP contribution is -2.20. The SMILES string of the molecule is NC(=O)COc1cccc(C(N)=O)c1. The number of rotatable bonds is 4. The van der Waals surface area contributed by atoms with Gasteiger partial charge >= 0.3 is 0 Å². The fraction of sp³-hybridized carbons (Fsp3) is 0.111. The summed E-state index contributed by atoms with van der Waals surface area (Å²) >= 11 is 0. The third-order valence-electron chi connectivity index (χ3n) is 1.50. The maximum absolute atomic E-state index is 10.8. The monoisotopic (exact) mass is 194 g/mol. The summed E-state index contributed by atoms with van der Waals surface area (Å²) in [7, 11) is 0. The largest absolute Gasteiger partial charge is 0.484 e. The maximum atomic E-state index is 10.8. The number of amides is 2. The third-order valence-corrected chi connectivity index (χ3v) is 1.50. The Bertz CT molecular complexity index is 363. The van der Waals surface area contributed by atoms with E-state index in [-0.39, 0.29) is 6.61 Å². The quantitative estimate of drug-likeness (QED) is 0.685. The van der Waals surface area contributed by atoms with Crippen molar-refractivity contribution in [2.24, 2.45) is 11.5 Å². The molecule has 5 heteroatoms. The minimum Gasteiger partial charge on any atom is -0.484 e. The molecule has 1 rings (SSSR count). The predicted octanol–water partition coefficient (Wildman–Crippen LogP) is -0.350. The highest BCUT2D eigenvalue weighted by Crippen LogP contribution is 2.12. The van der Waals surface area contributed by atoms with E-state index in [0.29, 0.717) is 11.3 Å². The summed E-state index contributed by atoms with van der Waals surface area (Å²) in [5, 5.41) is 0. The molecule has 0 aliphatic heterocycles. The second kappa shape index (κ2) is 4.27. The minimum atomic E-state index is -0.575. The fourth-order valence-corrected chi connectivity index (χ4v) is 0.894. The Balaban J connectivity index is 2.73. The first kappa shape index (κ1) is 10.0. The van der Waals surface area contributed by atoms with Crippen LogP contribution < -0.4 is 16.2 Å². The molecule has 74 valence electrons. The first-order valence-electron chi connectivity index (χ1n) is 3.90. The van der Waals surface area contributed by atoms with Gasteiger partial charge in [-0.1, -0.05) is 6.07 Å². The van der Waals surface area contributed by atoms with E-state index < -0.39 is 11.8 Å². The van der Waals surface area contributed by atoms with Gasteiger partial charge in [0.1, 0.15) is 5.75 Å².